The van der Waals surface area contributed by atoms with E-state index in [0.29, 0.717) is 5.89 Å². The van der Waals surface area contributed by atoms with Crippen molar-refractivity contribution < 1.29 is 9.21 Å². The Hall–Kier alpha value is -1.85. The molecule has 6 heteroatoms. The van der Waals surface area contributed by atoms with Crippen LogP contribution in [-0.2, 0) is 17.8 Å². The van der Waals surface area contributed by atoms with Crippen LogP contribution in [0, 0.1) is 6.92 Å². The Morgan fingerprint density at radius 3 is 2.62 bits per heavy atom. The number of benzene rings is 1. The second-order valence-corrected chi connectivity index (χ2v) is 4.68. The molecule has 0 saturated heterocycles. The maximum atomic E-state index is 12.0. The molecular weight excluding hydrogens is 290 g/mol. The third-order valence-corrected chi connectivity index (χ3v) is 3.08. The van der Waals surface area contributed by atoms with Gasteiger partial charge in [0.05, 0.1) is 12.7 Å². The number of carbonyl (C=O) groups excluding carboxylic acids is 1. The van der Waals surface area contributed by atoms with Crippen LogP contribution in [0.15, 0.2) is 34.9 Å². The fourth-order valence-electron chi connectivity index (χ4n) is 1.79. The molecule has 0 bridgehead atoms. The number of halogens is 1. The molecule has 1 atom stereocenters. The van der Waals surface area contributed by atoms with Crippen LogP contribution in [0.25, 0.3) is 0 Å². The van der Waals surface area contributed by atoms with Crippen molar-refractivity contribution >= 4 is 18.3 Å². The molecule has 2 rings (SSSR count). The third-order valence-electron chi connectivity index (χ3n) is 3.08. The zero-order chi connectivity index (χ0) is 14.5. The zero-order valence-corrected chi connectivity index (χ0v) is 12.9. The molecule has 0 fully saturated rings. The number of hydrogen-bond donors (Lipinski definition) is 2. The summed E-state index contributed by atoms with van der Waals surface area (Å²) in [6.45, 7) is 4.22. The summed E-state index contributed by atoms with van der Waals surface area (Å²) in [4.78, 5) is 16.1. The summed E-state index contributed by atoms with van der Waals surface area (Å²) >= 11 is 0. The Labute approximate surface area is 130 Å². The predicted octanol–water partition coefficient (Wildman–Crippen LogP) is 2.28. The van der Waals surface area contributed by atoms with Crippen molar-refractivity contribution in [3.8, 4) is 0 Å². The predicted molar refractivity (Wildman–Crippen MR) is 83.1 cm³/mol. The molecule has 0 radical (unpaired) electrons. The summed E-state index contributed by atoms with van der Waals surface area (Å²) in [5.74, 6) is 1.05. The molecule has 0 aliphatic rings. The average molecular weight is 310 g/mol. The van der Waals surface area contributed by atoms with Crippen molar-refractivity contribution in [3.05, 3.63) is 53.2 Å². The summed E-state index contributed by atoms with van der Waals surface area (Å²) in [7, 11) is 0. The number of nitrogens with two attached hydrogens (primary N) is 1. The van der Waals surface area contributed by atoms with Gasteiger partial charge in [0, 0.05) is 6.42 Å². The molecule has 1 aromatic heterocycles. The fraction of sp³-hybridized carbons (Fsp3) is 0.333. The van der Waals surface area contributed by atoms with Crippen LogP contribution in [0.3, 0.4) is 0 Å². The molecule has 114 valence electrons. The lowest BCUT2D eigenvalue weighted by molar-refractivity contribution is -0.122. The molecule has 1 aromatic carbocycles. The van der Waals surface area contributed by atoms with Crippen LogP contribution in [-0.4, -0.2) is 10.9 Å². The maximum absolute atomic E-state index is 12.0. The normalized spacial score (nSPS) is 11.6. The first-order valence-corrected chi connectivity index (χ1v) is 6.63. The van der Waals surface area contributed by atoms with Gasteiger partial charge in [-0.05, 0) is 12.5 Å². The van der Waals surface area contributed by atoms with Crippen molar-refractivity contribution in [2.45, 2.75) is 32.9 Å². The fourth-order valence-corrected chi connectivity index (χ4v) is 1.79. The highest BCUT2D eigenvalue weighted by molar-refractivity contribution is 5.85. The van der Waals surface area contributed by atoms with Crippen LogP contribution >= 0.6 is 12.4 Å². The number of nitrogens with zero attached hydrogens (tertiary/aromatic N) is 1. The SMILES string of the molecule is CCc1cnc(CNC(=O)C(N)c2ccc(C)cc2)o1.Cl. The van der Waals surface area contributed by atoms with E-state index in [9.17, 15) is 4.79 Å². The molecule has 0 saturated carbocycles. The van der Waals surface area contributed by atoms with E-state index in [4.69, 9.17) is 10.2 Å². The minimum absolute atomic E-state index is 0. The van der Waals surface area contributed by atoms with Gasteiger partial charge in [0.1, 0.15) is 11.8 Å². The van der Waals surface area contributed by atoms with E-state index in [1.54, 1.807) is 6.20 Å². The Balaban J connectivity index is 0.00000220. The van der Waals surface area contributed by atoms with E-state index in [2.05, 4.69) is 10.3 Å². The van der Waals surface area contributed by atoms with Gasteiger partial charge in [-0.2, -0.15) is 0 Å². The summed E-state index contributed by atoms with van der Waals surface area (Å²) in [6, 6.07) is 6.91. The second kappa shape index (κ2) is 7.81. The summed E-state index contributed by atoms with van der Waals surface area (Å²) < 4.78 is 5.42. The highest BCUT2D eigenvalue weighted by atomic mass is 35.5. The van der Waals surface area contributed by atoms with Crippen LogP contribution in [0.2, 0.25) is 0 Å². The van der Waals surface area contributed by atoms with Crippen LogP contribution in [0.4, 0.5) is 0 Å². The van der Waals surface area contributed by atoms with Gasteiger partial charge < -0.3 is 15.5 Å². The van der Waals surface area contributed by atoms with E-state index in [0.717, 1.165) is 23.3 Å². The molecule has 1 unspecified atom stereocenters. The molecular formula is C15H20ClN3O2. The Morgan fingerprint density at radius 1 is 1.38 bits per heavy atom. The number of carbonyl (C=O) groups is 1. The first-order valence-electron chi connectivity index (χ1n) is 6.63. The van der Waals surface area contributed by atoms with Crippen molar-refractivity contribution in [1.29, 1.82) is 0 Å². The lowest BCUT2D eigenvalue weighted by atomic mass is 10.1. The molecule has 0 spiro atoms. The van der Waals surface area contributed by atoms with Gasteiger partial charge in [-0.15, -0.1) is 12.4 Å². The molecule has 2 aromatic rings. The standard InChI is InChI=1S/C15H19N3O2.ClH/c1-3-12-8-17-13(20-12)9-18-15(19)14(16)11-6-4-10(2)5-7-11;/h4-8,14H,3,9,16H2,1-2H3,(H,18,19);1H. The smallest absolute Gasteiger partial charge is 0.241 e. The van der Waals surface area contributed by atoms with E-state index < -0.39 is 6.04 Å². The molecule has 0 aliphatic carbocycles. The van der Waals surface area contributed by atoms with E-state index >= 15 is 0 Å². The molecule has 5 nitrogen and oxygen atoms in total. The van der Waals surface area contributed by atoms with Gasteiger partial charge in [0.25, 0.3) is 0 Å². The summed E-state index contributed by atoms with van der Waals surface area (Å²) in [5.41, 5.74) is 7.84. The van der Waals surface area contributed by atoms with Crippen molar-refractivity contribution in [3.63, 3.8) is 0 Å². The number of amides is 1. The molecule has 21 heavy (non-hydrogen) atoms. The highest BCUT2D eigenvalue weighted by Gasteiger charge is 2.16. The second-order valence-electron chi connectivity index (χ2n) is 4.68. The summed E-state index contributed by atoms with van der Waals surface area (Å²) in [6.07, 6.45) is 2.45. The summed E-state index contributed by atoms with van der Waals surface area (Å²) in [5, 5.41) is 2.73. The molecule has 0 aliphatic heterocycles. The minimum Gasteiger partial charge on any atom is -0.444 e. The number of rotatable bonds is 5. The molecule has 1 amide bonds. The maximum Gasteiger partial charge on any atom is 0.241 e. The van der Waals surface area contributed by atoms with Gasteiger partial charge in [0.15, 0.2) is 0 Å². The third kappa shape index (κ3) is 4.58. The lowest BCUT2D eigenvalue weighted by Crippen LogP contribution is -2.33. The first kappa shape index (κ1) is 17.2. The Morgan fingerprint density at radius 2 is 2.05 bits per heavy atom. The molecule has 1 heterocycles. The zero-order valence-electron chi connectivity index (χ0n) is 12.1. The largest absolute Gasteiger partial charge is 0.444 e. The van der Waals surface area contributed by atoms with E-state index in [-0.39, 0.29) is 24.9 Å². The van der Waals surface area contributed by atoms with Gasteiger partial charge in [-0.1, -0.05) is 36.8 Å². The van der Waals surface area contributed by atoms with Crippen molar-refractivity contribution in [2.24, 2.45) is 5.73 Å². The van der Waals surface area contributed by atoms with Gasteiger partial charge >= 0.3 is 0 Å². The lowest BCUT2D eigenvalue weighted by Gasteiger charge is -2.11. The van der Waals surface area contributed by atoms with Crippen LogP contribution in [0.1, 0.15) is 35.7 Å². The average Bonchev–Trinajstić information content (AvgIpc) is 2.93. The monoisotopic (exact) mass is 309 g/mol. The van der Waals surface area contributed by atoms with Crippen LogP contribution < -0.4 is 11.1 Å². The van der Waals surface area contributed by atoms with Crippen molar-refractivity contribution in [1.82, 2.24) is 10.3 Å². The van der Waals surface area contributed by atoms with Crippen molar-refractivity contribution in [2.75, 3.05) is 0 Å². The number of hydrogen-bond acceptors (Lipinski definition) is 4. The first-order chi connectivity index (χ1) is 9.60. The van der Waals surface area contributed by atoms with Crippen LogP contribution in [0.5, 0.6) is 0 Å². The number of nitrogens with one attached hydrogen (secondary N) is 1. The Kier molecular flexibility index (Phi) is 6.39. The number of aromatic nitrogens is 1. The van der Waals surface area contributed by atoms with Gasteiger partial charge in [-0.25, -0.2) is 4.98 Å². The highest BCUT2D eigenvalue weighted by Crippen LogP contribution is 2.12. The van der Waals surface area contributed by atoms with Gasteiger partial charge in [0.2, 0.25) is 11.8 Å². The minimum atomic E-state index is -0.684. The quantitative estimate of drug-likeness (QED) is 0.888. The number of oxazole rings is 1. The Bertz CT molecular complexity index is 581. The van der Waals surface area contributed by atoms with E-state index in [1.807, 2.05) is 38.1 Å². The van der Waals surface area contributed by atoms with Gasteiger partial charge in [-0.3, -0.25) is 4.79 Å². The topological polar surface area (TPSA) is 81.2 Å². The molecule has 3 N–H and O–H groups in total. The van der Waals surface area contributed by atoms with E-state index in [1.165, 1.54) is 0 Å². The number of aryl methyl sites for hydroxylation is 2.